The van der Waals surface area contributed by atoms with Crippen LogP contribution in [0.4, 0.5) is 0 Å². The van der Waals surface area contributed by atoms with Crippen LogP contribution in [-0.2, 0) is 16.0 Å². The average molecular weight is 318 g/mol. The van der Waals surface area contributed by atoms with E-state index in [1.807, 2.05) is 25.1 Å². The molecule has 0 aliphatic heterocycles. The Labute approximate surface area is 134 Å². The van der Waals surface area contributed by atoms with Gasteiger partial charge in [0, 0.05) is 23.6 Å². The molecule has 3 N–H and O–H groups in total. The molecule has 0 saturated carbocycles. The number of carbonyl (C=O) groups excluding carboxylic acids is 1. The van der Waals surface area contributed by atoms with Gasteiger partial charge in [0.05, 0.1) is 19.4 Å². The summed E-state index contributed by atoms with van der Waals surface area (Å²) in [6.07, 6.45) is 3.29. The molecule has 1 amide bonds. The molecule has 1 aromatic carbocycles. The maximum Gasteiger partial charge on any atom is 0.308 e. The van der Waals surface area contributed by atoms with E-state index in [0.29, 0.717) is 12.2 Å². The number of ether oxygens (including phenoxy) is 1. The largest absolute Gasteiger partial charge is 0.496 e. The highest BCUT2D eigenvalue weighted by atomic mass is 16.5. The number of aromatic nitrogens is 1. The highest BCUT2D eigenvalue weighted by Gasteiger charge is 2.18. The number of H-pyrrole nitrogens is 1. The van der Waals surface area contributed by atoms with Crippen LogP contribution in [0.5, 0.6) is 5.75 Å². The summed E-state index contributed by atoms with van der Waals surface area (Å²) in [6.45, 7) is 2.08. The number of fused-ring (bicyclic) bond motifs is 1. The lowest BCUT2D eigenvalue weighted by molar-refractivity contribution is -0.141. The third-order valence-electron chi connectivity index (χ3n) is 3.85. The Morgan fingerprint density at radius 1 is 1.39 bits per heavy atom. The van der Waals surface area contributed by atoms with Crippen molar-refractivity contribution in [1.29, 1.82) is 0 Å². The van der Waals surface area contributed by atoms with E-state index in [9.17, 15) is 9.59 Å². The number of nitrogens with one attached hydrogen (secondary N) is 2. The van der Waals surface area contributed by atoms with Gasteiger partial charge in [-0.15, -0.1) is 0 Å². The summed E-state index contributed by atoms with van der Waals surface area (Å²) in [4.78, 5) is 26.3. The Balaban J connectivity index is 2.05. The summed E-state index contributed by atoms with van der Waals surface area (Å²) in [5.74, 6) is -0.900. The van der Waals surface area contributed by atoms with E-state index in [1.54, 1.807) is 13.3 Å². The molecule has 0 spiro atoms. The van der Waals surface area contributed by atoms with Crippen molar-refractivity contribution < 1.29 is 19.4 Å². The van der Waals surface area contributed by atoms with Crippen LogP contribution in [0, 0.1) is 5.92 Å². The minimum absolute atomic E-state index is 0.154. The van der Waals surface area contributed by atoms with Gasteiger partial charge in [0.15, 0.2) is 0 Å². The van der Waals surface area contributed by atoms with Crippen LogP contribution in [-0.4, -0.2) is 35.6 Å². The number of amides is 1. The Morgan fingerprint density at radius 2 is 2.17 bits per heavy atom. The number of rotatable bonds is 8. The summed E-state index contributed by atoms with van der Waals surface area (Å²) >= 11 is 0. The Kier molecular flexibility index (Phi) is 5.62. The molecule has 0 aliphatic carbocycles. The molecular formula is C17H22N2O4. The number of hydrogen-bond acceptors (Lipinski definition) is 3. The van der Waals surface area contributed by atoms with Crippen LogP contribution in [0.2, 0.25) is 0 Å². The third-order valence-corrected chi connectivity index (χ3v) is 3.85. The molecule has 2 rings (SSSR count). The Bertz CT molecular complexity index is 693. The van der Waals surface area contributed by atoms with E-state index in [2.05, 4.69) is 10.3 Å². The molecule has 0 aliphatic rings. The maximum absolute atomic E-state index is 12.1. The summed E-state index contributed by atoms with van der Waals surface area (Å²) < 4.78 is 5.34. The fourth-order valence-corrected chi connectivity index (χ4v) is 2.66. The zero-order valence-electron chi connectivity index (χ0n) is 13.4. The third kappa shape index (κ3) is 4.03. The predicted octanol–water partition coefficient (Wildman–Crippen LogP) is 2.34. The average Bonchev–Trinajstić information content (AvgIpc) is 2.94. The van der Waals surface area contributed by atoms with Crippen molar-refractivity contribution in [2.24, 2.45) is 5.92 Å². The second-order valence-corrected chi connectivity index (χ2v) is 5.50. The smallest absolute Gasteiger partial charge is 0.308 e. The van der Waals surface area contributed by atoms with Gasteiger partial charge in [-0.2, -0.15) is 0 Å². The predicted molar refractivity (Wildman–Crippen MR) is 87.6 cm³/mol. The van der Waals surface area contributed by atoms with E-state index in [-0.39, 0.29) is 18.9 Å². The number of aliphatic carboxylic acids is 1. The number of aromatic amines is 1. The van der Waals surface area contributed by atoms with Gasteiger partial charge >= 0.3 is 5.97 Å². The minimum atomic E-state index is -0.874. The first kappa shape index (κ1) is 16.9. The minimum Gasteiger partial charge on any atom is -0.496 e. The van der Waals surface area contributed by atoms with Crippen molar-refractivity contribution in [2.75, 3.05) is 13.7 Å². The number of hydrogen-bond donors (Lipinski definition) is 3. The second kappa shape index (κ2) is 7.67. The summed E-state index contributed by atoms with van der Waals surface area (Å²) in [5, 5.41) is 12.7. The van der Waals surface area contributed by atoms with Crippen LogP contribution in [0.15, 0.2) is 24.4 Å². The molecule has 124 valence electrons. The Morgan fingerprint density at radius 3 is 2.83 bits per heavy atom. The first-order valence-corrected chi connectivity index (χ1v) is 7.69. The van der Waals surface area contributed by atoms with Crippen molar-refractivity contribution in [3.8, 4) is 5.75 Å². The lowest BCUT2D eigenvalue weighted by Gasteiger charge is -2.12. The molecule has 1 unspecified atom stereocenters. The number of methoxy groups -OCH3 is 1. The van der Waals surface area contributed by atoms with Crippen LogP contribution in [0.25, 0.3) is 10.9 Å². The number of carbonyl (C=O) groups is 2. The van der Waals surface area contributed by atoms with Crippen molar-refractivity contribution in [1.82, 2.24) is 10.3 Å². The highest BCUT2D eigenvalue weighted by Crippen LogP contribution is 2.28. The first-order chi connectivity index (χ1) is 11.1. The van der Waals surface area contributed by atoms with Gasteiger partial charge in [0.1, 0.15) is 5.75 Å². The van der Waals surface area contributed by atoms with Gasteiger partial charge in [0.2, 0.25) is 5.91 Å². The van der Waals surface area contributed by atoms with E-state index >= 15 is 0 Å². The molecule has 23 heavy (non-hydrogen) atoms. The number of benzene rings is 1. The molecule has 0 fully saturated rings. The summed E-state index contributed by atoms with van der Waals surface area (Å²) in [7, 11) is 1.59. The number of carboxylic acid groups (broad SMARTS) is 1. The van der Waals surface area contributed by atoms with Gasteiger partial charge in [-0.05, 0) is 24.1 Å². The lowest BCUT2D eigenvalue weighted by Crippen LogP contribution is -2.33. The van der Waals surface area contributed by atoms with Crippen molar-refractivity contribution in [2.45, 2.75) is 26.2 Å². The van der Waals surface area contributed by atoms with Gasteiger partial charge in [-0.1, -0.05) is 19.4 Å². The summed E-state index contributed by atoms with van der Waals surface area (Å²) in [6, 6.07) is 5.64. The highest BCUT2D eigenvalue weighted by molar-refractivity contribution is 5.93. The molecular weight excluding hydrogens is 296 g/mol. The lowest BCUT2D eigenvalue weighted by atomic mass is 10.0. The van der Waals surface area contributed by atoms with Crippen LogP contribution in [0.3, 0.4) is 0 Å². The molecule has 0 radical (unpaired) electrons. The van der Waals surface area contributed by atoms with Crippen molar-refractivity contribution >= 4 is 22.8 Å². The first-order valence-electron chi connectivity index (χ1n) is 7.69. The molecule has 1 atom stereocenters. The van der Waals surface area contributed by atoms with E-state index in [4.69, 9.17) is 9.84 Å². The molecule has 2 aromatic rings. The molecule has 0 bridgehead atoms. The fraction of sp³-hybridized carbons (Fsp3) is 0.412. The quantitative estimate of drug-likeness (QED) is 0.696. The van der Waals surface area contributed by atoms with Gasteiger partial charge in [-0.3, -0.25) is 9.59 Å². The van der Waals surface area contributed by atoms with E-state index in [1.165, 1.54) is 0 Å². The number of carboxylic acids is 1. The van der Waals surface area contributed by atoms with Gasteiger partial charge < -0.3 is 20.1 Å². The molecule has 6 heteroatoms. The van der Waals surface area contributed by atoms with Gasteiger partial charge in [0.25, 0.3) is 0 Å². The molecule has 0 saturated heterocycles. The fourth-order valence-electron chi connectivity index (χ4n) is 2.66. The van der Waals surface area contributed by atoms with Crippen LogP contribution < -0.4 is 10.1 Å². The van der Waals surface area contributed by atoms with Crippen molar-refractivity contribution in [3.63, 3.8) is 0 Å². The van der Waals surface area contributed by atoms with E-state index in [0.717, 1.165) is 22.9 Å². The zero-order chi connectivity index (χ0) is 16.8. The van der Waals surface area contributed by atoms with Gasteiger partial charge in [-0.25, -0.2) is 0 Å². The van der Waals surface area contributed by atoms with Crippen LogP contribution in [0.1, 0.15) is 25.3 Å². The topological polar surface area (TPSA) is 91.4 Å². The summed E-state index contributed by atoms with van der Waals surface area (Å²) in [5.41, 5.74) is 1.74. The molecule has 1 aromatic heterocycles. The second-order valence-electron chi connectivity index (χ2n) is 5.50. The standard InChI is InChI=1S/C17H22N2O4/c1-3-5-11(17(21)22)9-19-15(20)8-12-10-18-13-6-4-7-14(23-2)16(12)13/h4,6-7,10-11,18H,3,5,8-9H2,1-2H3,(H,19,20)(H,21,22). The zero-order valence-corrected chi connectivity index (χ0v) is 13.4. The van der Waals surface area contributed by atoms with Crippen LogP contribution >= 0.6 is 0 Å². The maximum atomic E-state index is 12.1. The SMILES string of the molecule is CCCC(CNC(=O)Cc1c[nH]c2cccc(OC)c12)C(=O)O. The van der Waals surface area contributed by atoms with E-state index < -0.39 is 11.9 Å². The van der Waals surface area contributed by atoms with Crippen molar-refractivity contribution in [3.05, 3.63) is 30.0 Å². The Hall–Kier alpha value is -2.50. The monoisotopic (exact) mass is 318 g/mol. The molecule has 6 nitrogen and oxygen atoms in total. The normalized spacial score (nSPS) is 12.1. The molecule has 1 heterocycles.